The van der Waals surface area contributed by atoms with Gasteiger partial charge in [-0.1, -0.05) is 331 Å². The number of benzene rings is 11. The third-order valence-electron chi connectivity index (χ3n) is 21.8. The number of rotatable bonds is 15. The molecule has 11 aromatic carbocycles. The molecule has 0 saturated carbocycles. The highest BCUT2D eigenvalue weighted by Crippen LogP contribution is 2.50. The van der Waals surface area contributed by atoms with E-state index in [1.807, 2.05) is 66.7 Å². The van der Waals surface area contributed by atoms with Gasteiger partial charge in [0, 0.05) is 77.4 Å². The van der Waals surface area contributed by atoms with Crippen LogP contribution in [0.1, 0.15) is 147 Å². The van der Waals surface area contributed by atoms with Gasteiger partial charge >= 0.3 is 0 Å². The monoisotopic (exact) mass is 1480 g/mol. The Morgan fingerprint density at radius 1 is 0.248 bits per heavy atom. The predicted molar refractivity (Wildman–Crippen MR) is 457 cm³/mol. The standard InChI is InChI=1S/2C36H34N6.C16H8.C10H13N3/c1-5-23-15-13-16-24(6-2)33(23)41-35-29-21-11-9-19-27(29)32-36(30-22-12-10-20-28(30)31(35)37-39-41)42(40-38-32)34-25(7-3)17-14-18-26(34)8-4;1-5-23-15-13-16-24(6-2)33(23)41-35-29-21-11-12-22-30(29)36-32(28-20-10-9-19-27(28)31(35)37-39-41)38-40-42(36)34-25(7-3)17-14-18-26(34)8-4;1-2-6-14-11-12-16-8-4-3-7-15(16)10-9-13(14)5-1;1-3-8-6-5-7-9(4-2)10(8)12-13-11/h2*9-22H,5-8H2,1-4H3;1-8H;5-7H,3-4H2,1-2H3. The number of para-hydroxylation sites is 4. The van der Waals surface area contributed by atoms with E-state index in [9.17, 15) is 0 Å². The maximum absolute atomic E-state index is 8.42. The highest BCUT2D eigenvalue weighted by molar-refractivity contribution is 6.01. The van der Waals surface area contributed by atoms with Crippen molar-refractivity contribution in [3.05, 3.63) is 325 Å². The zero-order valence-electron chi connectivity index (χ0n) is 65.8. The summed E-state index contributed by atoms with van der Waals surface area (Å²) in [6.45, 7) is 21.7. The number of aromatic nitrogens is 12. The average Bonchev–Trinajstić information content (AvgIpc) is 1.60. The van der Waals surface area contributed by atoms with Crippen LogP contribution in [0.4, 0.5) is 5.69 Å². The van der Waals surface area contributed by atoms with Crippen molar-refractivity contribution in [1.29, 1.82) is 0 Å². The van der Waals surface area contributed by atoms with Crippen molar-refractivity contribution in [3.63, 3.8) is 0 Å². The molecule has 18 rings (SSSR count). The molecular weight excluding hydrogens is 1390 g/mol. The van der Waals surface area contributed by atoms with E-state index in [-0.39, 0.29) is 0 Å². The van der Waals surface area contributed by atoms with E-state index in [2.05, 4.69) is 292 Å². The Labute approximate surface area is 661 Å². The van der Waals surface area contributed by atoms with E-state index < -0.39 is 0 Å². The molecular formula is C98H89N15. The Kier molecular flexibility index (Phi) is 22.3. The fourth-order valence-electron chi connectivity index (χ4n) is 16.0. The first kappa shape index (κ1) is 74.9. The van der Waals surface area contributed by atoms with Gasteiger partial charge in [-0.25, -0.2) is 18.7 Å². The van der Waals surface area contributed by atoms with Gasteiger partial charge in [0.1, 0.15) is 45.6 Å². The minimum absolute atomic E-state index is 0.815. The van der Waals surface area contributed by atoms with Crippen molar-refractivity contribution in [2.75, 3.05) is 0 Å². The van der Waals surface area contributed by atoms with Crippen molar-refractivity contribution in [1.82, 2.24) is 60.0 Å². The zero-order chi connectivity index (χ0) is 78.1. The first-order valence-electron chi connectivity index (χ1n) is 39.7. The molecule has 0 atom stereocenters. The first-order valence-corrected chi connectivity index (χ1v) is 39.7. The largest absolute Gasteiger partial charge is 0.212 e. The van der Waals surface area contributed by atoms with Gasteiger partial charge < -0.3 is 0 Å². The molecule has 0 spiro atoms. The Hall–Kier alpha value is -13.6. The van der Waals surface area contributed by atoms with Crippen molar-refractivity contribution in [3.8, 4) is 136 Å². The minimum atomic E-state index is 0.815. The smallest absolute Gasteiger partial charge is 0.122 e. The van der Waals surface area contributed by atoms with Gasteiger partial charge in [0.2, 0.25) is 0 Å². The van der Waals surface area contributed by atoms with Crippen LogP contribution in [-0.4, -0.2) is 60.0 Å². The number of nitrogens with zero attached hydrogens (tertiary/aromatic N) is 15. The summed E-state index contributed by atoms with van der Waals surface area (Å²) in [5, 5.41) is 42.8. The molecule has 0 fully saturated rings. The molecule has 3 aliphatic rings. The fourth-order valence-corrected chi connectivity index (χ4v) is 16.0. The van der Waals surface area contributed by atoms with Crippen molar-refractivity contribution in [2.24, 2.45) is 5.11 Å². The molecule has 113 heavy (non-hydrogen) atoms. The van der Waals surface area contributed by atoms with Crippen LogP contribution in [0.5, 0.6) is 0 Å². The first-order chi connectivity index (χ1) is 55.6. The molecule has 15 nitrogen and oxygen atoms in total. The fraction of sp³-hybridized carbons (Fsp3) is 0.204. The van der Waals surface area contributed by atoms with Crippen LogP contribution in [0, 0.1) is 23.7 Å². The molecule has 15 aromatic rings. The van der Waals surface area contributed by atoms with Gasteiger partial charge in [-0.15, -0.1) is 20.4 Å². The highest BCUT2D eigenvalue weighted by Gasteiger charge is 2.35. The Balaban J connectivity index is 0.000000132. The second-order valence-corrected chi connectivity index (χ2v) is 27.9. The van der Waals surface area contributed by atoms with E-state index in [0.717, 1.165) is 216 Å². The molecule has 0 saturated heterocycles. The molecule has 0 radical (unpaired) electrons. The molecule has 0 N–H and O–H groups in total. The van der Waals surface area contributed by atoms with Crippen molar-refractivity contribution in [2.45, 2.75) is 133 Å². The highest BCUT2D eigenvalue weighted by atomic mass is 15.5. The summed E-state index contributed by atoms with van der Waals surface area (Å²) in [4.78, 5) is 2.85. The van der Waals surface area contributed by atoms with Crippen LogP contribution in [0.25, 0.3) is 123 Å². The molecule has 4 aromatic heterocycles. The van der Waals surface area contributed by atoms with Crippen molar-refractivity contribution < 1.29 is 0 Å². The normalized spacial score (nSPS) is 11.3. The number of hydrogen-bond acceptors (Lipinski definition) is 9. The predicted octanol–water partition coefficient (Wildman–Crippen LogP) is 22.7. The summed E-state index contributed by atoms with van der Waals surface area (Å²) in [7, 11) is 0. The molecule has 0 amide bonds. The SMILES string of the molecule is C1#Cc2ccccc2C#Cc2ccccc21.CCc1cccc(CC)c1-n1nnc2c1-c1ccccc1-c1c(nnn1-c1c(CC)cccc1CC)-c1ccccc1-2.CCc1cccc(CC)c1-n1nnc2c1-c1ccccc1-c1nnn(-c3c(CC)cccc3CC)c1-c1ccccc1-2.CCc1cccc(CC)c1N=[N+]=[N-]. The van der Waals surface area contributed by atoms with E-state index >= 15 is 0 Å². The summed E-state index contributed by atoms with van der Waals surface area (Å²) in [6.07, 6.45) is 9.07. The van der Waals surface area contributed by atoms with E-state index in [1.165, 1.54) is 44.5 Å². The second kappa shape index (κ2) is 33.7. The quantitative estimate of drug-likeness (QED) is 0.0422. The molecule has 0 bridgehead atoms. The third-order valence-corrected chi connectivity index (χ3v) is 21.8. The lowest BCUT2D eigenvalue weighted by Gasteiger charge is -2.21. The average molecular weight is 1480 g/mol. The van der Waals surface area contributed by atoms with Gasteiger partial charge in [0.15, 0.2) is 0 Å². The number of fused-ring (bicyclic) bond motifs is 18. The Morgan fingerprint density at radius 2 is 0.434 bits per heavy atom. The number of azide groups is 1. The topological polar surface area (TPSA) is 172 Å². The van der Waals surface area contributed by atoms with Crippen LogP contribution in [0.3, 0.4) is 0 Å². The summed E-state index contributed by atoms with van der Waals surface area (Å²) < 4.78 is 8.30. The lowest BCUT2D eigenvalue weighted by Crippen LogP contribution is -2.10. The van der Waals surface area contributed by atoms with Crippen LogP contribution in [0.2, 0.25) is 0 Å². The van der Waals surface area contributed by atoms with E-state index in [4.69, 9.17) is 46.8 Å². The summed E-state index contributed by atoms with van der Waals surface area (Å²) in [5.41, 5.74) is 45.7. The van der Waals surface area contributed by atoms with Crippen LogP contribution in [-0.2, 0) is 64.2 Å². The number of hydrogen-bond donors (Lipinski definition) is 0. The summed E-state index contributed by atoms with van der Waals surface area (Å²) in [6, 6.07) is 82.2. The van der Waals surface area contributed by atoms with Crippen molar-refractivity contribution >= 4 is 5.69 Å². The van der Waals surface area contributed by atoms with E-state index in [1.54, 1.807) is 0 Å². The lowest BCUT2D eigenvalue weighted by atomic mass is 9.89. The molecule has 4 heterocycles. The van der Waals surface area contributed by atoms with Crippen LogP contribution in [0.15, 0.2) is 242 Å². The maximum atomic E-state index is 8.42. The Morgan fingerprint density at radius 3 is 0.646 bits per heavy atom. The van der Waals surface area contributed by atoms with Crippen LogP contribution < -0.4 is 0 Å². The summed E-state index contributed by atoms with van der Waals surface area (Å²) >= 11 is 0. The molecule has 3 aliphatic carbocycles. The lowest BCUT2D eigenvalue weighted by molar-refractivity contribution is 0.785. The minimum Gasteiger partial charge on any atom is -0.212 e. The molecule has 0 unspecified atom stereocenters. The maximum Gasteiger partial charge on any atom is 0.122 e. The Bertz CT molecular complexity index is 5760. The molecule has 15 heteroatoms. The van der Waals surface area contributed by atoms with E-state index in [0.29, 0.717) is 0 Å². The van der Waals surface area contributed by atoms with Gasteiger partial charge in [-0.2, -0.15) is 0 Å². The molecule has 556 valence electrons. The van der Waals surface area contributed by atoms with Gasteiger partial charge in [-0.05, 0) is 150 Å². The second-order valence-electron chi connectivity index (χ2n) is 27.9. The van der Waals surface area contributed by atoms with Gasteiger partial charge in [0.25, 0.3) is 0 Å². The molecule has 0 aliphatic heterocycles. The third kappa shape index (κ3) is 14.0. The van der Waals surface area contributed by atoms with Crippen LogP contribution >= 0.6 is 0 Å². The summed E-state index contributed by atoms with van der Waals surface area (Å²) in [5.74, 6) is 12.7. The van der Waals surface area contributed by atoms with Gasteiger partial charge in [0.05, 0.1) is 22.7 Å². The number of aryl methyl sites for hydroxylation is 10. The van der Waals surface area contributed by atoms with Gasteiger partial charge in [-0.3, -0.25) is 0 Å². The zero-order valence-corrected chi connectivity index (χ0v) is 65.8.